The molecule has 2 aromatic heterocycles. The molecule has 1 fully saturated rings. The first-order valence-electron chi connectivity index (χ1n) is 9.57. The van der Waals surface area contributed by atoms with Gasteiger partial charge in [0.2, 0.25) is 0 Å². The molecule has 7 heteroatoms. The molecule has 0 radical (unpaired) electrons. The number of fused-ring (bicyclic) bond motifs is 2. The lowest BCUT2D eigenvalue weighted by Crippen LogP contribution is -2.46. The third-order valence-electron chi connectivity index (χ3n) is 5.33. The van der Waals surface area contributed by atoms with Gasteiger partial charge in [-0.05, 0) is 42.7 Å². The average molecular weight is 429 g/mol. The van der Waals surface area contributed by atoms with Crippen molar-refractivity contribution in [3.63, 3.8) is 0 Å². The highest BCUT2D eigenvalue weighted by atomic mass is 35.5. The van der Waals surface area contributed by atoms with Crippen molar-refractivity contribution in [3.05, 3.63) is 46.5 Å². The van der Waals surface area contributed by atoms with Gasteiger partial charge in [0.05, 0.1) is 20.4 Å². The maximum atomic E-state index is 6.21. The van der Waals surface area contributed by atoms with Crippen LogP contribution in [0.15, 0.2) is 30.3 Å². The lowest BCUT2D eigenvalue weighted by Gasteiger charge is -2.34. The van der Waals surface area contributed by atoms with Crippen LogP contribution >= 0.6 is 34.3 Å². The zero-order valence-corrected chi connectivity index (χ0v) is 18.3. The molecule has 4 nitrogen and oxygen atoms in total. The van der Waals surface area contributed by atoms with E-state index in [-0.39, 0.29) is 0 Å². The van der Waals surface area contributed by atoms with Gasteiger partial charge < -0.3 is 9.80 Å². The Kier molecular flexibility index (Phi) is 4.65. The summed E-state index contributed by atoms with van der Waals surface area (Å²) in [7, 11) is 0. The van der Waals surface area contributed by atoms with Crippen LogP contribution in [0.25, 0.3) is 20.4 Å². The van der Waals surface area contributed by atoms with Gasteiger partial charge >= 0.3 is 0 Å². The molecule has 0 atom stereocenters. The molecular formula is C21H21ClN4S2. The quantitative estimate of drug-likeness (QED) is 0.415. The number of hydrogen-bond acceptors (Lipinski definition) is 6. The first kappa shape index (κ1) is 18.2. The highest BCUT2D eigenvalue weighted by Crippen LogP contribution is 2.35. The molecule has 3 heterocycles. The zero-order chi connectivity index (χ0) is 19.3. The molecule has 2 aromatic carbocycles. The van der Waals surface area contributed by atoms with Crippen LogP contribution in [-0.2, 0) is 6.42 Å². The van der Waals surface area contributed by atoms with Crippen LogP contribution in [0.2, 0.25) is 5.02 Å². The van der Waals surface area contributed by atoms with E-state index in [4.69, 9.17) is 21.6 Å². The first-order chi connectivity index (χ1) is 13.6. The Morgan fingerprint density at radius 3 is 2.25 bits per heavy atom. The van der Waals surface area contributed by atoms with Crippen LogP contribution in [0.3, 0.4) is 0 Å². The Balaban J connectivity index is 1.36. The number of anilines is 2. The van der Waals surface area contributed by atoms with E-state index in [1.54, 1.807) is 22.7 Å². The molecule has 5 rings (SSSR count). The molecule has 0 N–H and O–H groups in total. The van der Waals surface area contributed by atoms with E-state index in [0.717, 1.165) is 59.0 Å². The van der Waals surface area contributed by atoms with Crippen LogP contribution in [0.1, 0.15) is 18.1 Å². The molecule has 0 amide bonds. The van der Waals surface area contributed by atoms with E-state index in [1.807, 2.05) is 12.1 Å². The number of aryl methyl sites for hydroxylation is 2. The average Bonchev–Trinajstić information content (AvgIpc) is 3.32. The summed E-state index contributed by atoms with van der Waals surface area (Å²) in [6.07, 6.45) is 1.02. The molecule has 1 aliphatic rings. The topological polar surface area (TPSA) is 32.3 Å². The summed E-state index contributed by atoms with van der Waals surface area (Å²) < 4.78 is 2.45. The Bertz CT molecular complexity index is 1160. The van der Waals surface area contributed by atoms with E-state index in [9.17, 15) is 0 Å². The van der Waals surface area contributed by atoms with E-state index in [0.29, 0.717) is 0 Å². The fraction of sp³-hybridized carbons (Fsp3) is 0.333. The second-order valence-electron chi connectivity index (χ2n) is 7.15. The smallest absolute Gasteiger partial charge is 0.186 e. The van der Waals surface area contributed by atoms with Gasteiger partial charge in [0.25, 0.3) is 0 Å². The normalized spacial score (nSPS) is 15.1. The molecular weight excluding hydrogens is 408 g/mol. The highest BCUT2D eigenvalue weighted by molar-refractivity contribution is 7.22. The maximum absolute atomic E-state index is 6.21. The molecule has 0 spiro atoms. The summed E-state index contributed by atoms with van der Waals surface area (Å²) >= 11 is 9.76. The number of rotatable bonds is 3. The predicted octanol–water partition coefficient (Wildman–Crippen LogP) is 5.76. The predicted molar refractivity (Wildman–Crippen MR) is 123 cm³/mol. The van der Waals surface area contributed by atoms with Gasteiger partial charge in [-0.25, -0.2) is 9.97 Å². The second kappa shape index (κ2) is 7.17. The van der Waals surface area contributed by atoms with Crippen molar-refractivity contribution in [2.45, 2.75) is 20.3 Å². The minimum absolute atomic E-state index is 0.785. The fourth-order valence-electron chi connectivity index (χ4n) is 3.78. The van der Waals surface area contributed by atoms with Gasteiger partial charge in [-0.1, -0.05) is 53.3 Å². The molecule has 0 bridgehead atoms. The fourth-order valence-corrected chi connectivity index (χ4v) is 6.32. The molecule has 4 aromatic rings. The number of aromatic nitrogens is 2. The Labute approximate surface area is 177 Å². The van der Waals surface area contributed by atoms with Gasteiger partial charge in [0, 0.05) is 31.2 Å². The number of hydrogen-bond donors (Lipinski definition) is 0. The highest BCUT2D eigenvalue weighted by Gasteiger charge is 2.23. The van der Waals surface area contributed by atoms with Crippen LogP contribution in [0.5, 0.6) is 0 Å². The molecule has 144 valence electrons. The first-order valence-corrected chi connectivity index (χ1v) is 11.6. The van der Waals surface area contributed by atoms with Gasteiger partial charge in [-0.2, -0.15) is 0 Å². The van der Waals surface area contributed by atoms with Gasteiger partial charge in [-0.3, -0.25) is 0 Å². The number of piperazine rings is 1. The summed E-state index contributed by atoms with van der Waals surface area (Å²) in [5.74, 6) is 0. The number of para-hydroxylation sites is 1. The Hall–Kier alpha value is -1.89. The lowest BCUT2D eigenvalue weighted by molar-refractivity contribution is 0.651. The third-order valence-corrected chi connectivity index (χ3v) is 7.69. The van der Waals surface area contributed by atoms with Crippen LogP contribution in [-0.4, -0.2) is 36.1 Å². The molecule has 0 saturated carbocycles. The Morgan fingerprint density at radius 1 is 0.929 bits per heavy atom. The SMILES string of the molecule is CCc1cccc2sc(N3CCN(c4nc5c(C)cc(Cl)cc5s4)CC3)nc12. The molecule has 28 heavy (non-hydrogen) atoms. The maximum Gasteiger partial charge on any atom is 0.186 e. The van der Waals surface area contributed by atoms with Crippen LogP contribution in [0.4, 0.5) is 10.3 Å². The summed E-state index contributed by atoms with van der Waals surface area (Å²) in [6.45, 7) is 8.13. The van der Waals surface area contributed by atoms with Gasteiger partial charge in [0.15, 0.2) is 10.3 Å². The van der Waals surface area contributed by atoms with Gasteiger partial charge in [0.1, 0.15) is 0 Å². The van der Waals surface area contributed by atoms with E-state index >= 15 is 0 Å². The van der Waals surface area contributed by atoms with Crippen molar-refractivity contribution in [1.82, 2.24) is 9.97 Å². The molecule has 0 aliphatic carbocycles. The van der Waals surface area contributed by atoms with Crippen molar-refractivity contribution in [2.75, 3.05) is 36.0 Å². The van der Waals surface area contributed by atoms with E-state index < -0.39 is 0 Å². The number of nitrogens with zero attached hydrogens (tertiary/aromatic N) is 4. The summed E-state index contributed by atoms with van der Waals surface area (Å²) in [6, 6.07) is 10.5. The van der Waals surface area contributed by atoms with Crippen molar-refractivity contribution in [3.8, 4) is 0 Å². The van der Waals surface area contributed by atoms with Gasteiger partial charge in [-0.15, -0.1) is 0 Å². The third kappa shape index (κ3) is 3.13. The Morgan fingerprint density at radius 2 is 1.57 bits per heavy atom. The number of benzene rings is 2. The molecule has 1 aliphatic heterocycles. The summed E-state index contributed by atoms with van der Waals surface area (Å²) in [4.78, 5) is 14.6. The van der Waals surface area contributed by atoms with Crippen LogP contribution < -0.4 is 9.80 Å². The monoisotopic (exact) mass is 428 g/mol. The minimum atomic E-state index is 0.785. The number of halogens is 1. The van der Waals surface area contributed by atoms with E-state index in [2.05, 4.69) is 41.8 Å². The molecule has 1 saturated heterocycles. The summed E-state index contributed by atoms with van der Waals surface area (Å²) in [5.41, 5.74) is 4.73. The van der Waals surface area contributed by atoms with Crippen molar-refractivity contribution >= 4 is 65.0 Å². The second-order valence-corrected chi connectivity index (χ2v) is 9.61. The summed E-state index contributed by atoms with van der Waals surface area (Å²) in [5, 5.41) is 3.02. The van der Waals surface area contributed by atoms with Crippen LogP contribution in [0, 0.1) is 6.92 Å². The standard InChI is InChI=1S/C21H21ClN4S2/c1-3-14-5-4-6-16-19(14)24-21(27-16)26-9-7-25(8-10-26)20-23-18-13(2)11-15(22)12-17(18)28-20/h4-6,11-12H,3,7-10H2,1-2H3. The van der Waals surface area contributed by atoms with Crippen molar-refractivity contribution in [2.24, 2.45) is 0 Å². The minimum Gasteiger partial charge on any atom is -0.345 e. The van der Waals surface area contributed by atoms with E-state index in [1.165, 1.54) is 20.5 Å². The number of thiazole rings is 2. The lowest BCUT2D eigenvalue weighted by atomic mass is 10.1. The zero-order valence-electron chi connectivity index (χ0n) is 15.9. The largest absolute Gasteiger partial charge is 0.345 e. The van der Waals surface area contributed by atoms with Crippen molar-refractivity contribution in [1.29, 1.82) is 0 Å². The van der Waals surface area contributed by atoms with Crippen molar-refractivity contribution < 1.29 is 0 Å². The molecule has 0 unspecified atom stereocenters.